The fourth-order valence-corrected chi connectivity index (χ4v) is 0.708. The normalized spacial score (nSPS) is 9.00. The Morgan fingerprint density at radius 2 is 2.00 bits per heavy atom. The molecule has 0 aromatic heterocycles. The van der Waals surface area contributed by atoms with Crippen LogP contribution in [0.2, 0.25) is 0 Å². The highest BCUT2D eigenvalue weighted by atomic mass is 14.7. The molecule has 9 heavy (non-hydrogen) atoms. The minimum absolute atomic E-state index is 0.859. The summed E-state index contributed by atoms with van der Waals surface area (Å²) in [6, 6.07) is 7.74. The molecule has 1 rings (SSSR count). The topological polar surface area (TPSA) is 12.4 Å². The van der Waals surface area contributed by atoms with Crippen LogP contribution >= 0.6 is 0 Å². The van der Waals surface area contributed by atoms with Crippen molar-refractivity contribution < 1.29 is 0 Å². The zero-order chi connectivity index (χ0) is 6.69. The van der Waals surface area contributed by atoms with Crippen LogP contribution in [-0.4, -0.2) is 6.72 Å². The first kappa shape index (κ1) is 6.02. The molecule has 0 atom stereocenters. The van der Waals surface area contributed by atoms with Gasteiger partial charge >= 0.3 is 0 Å². The standard InChI is InChI=1S/C8H8N/c1-7-5-3-4-6-8(7)9-2/h2-6H,1H3. The summed E-state index contributed by atoms with van der Waals surface area (Å²) in [5.74, 6) is 0. The average Bonchev–Trinajstić information content (AvgIpc) is 1.89. The van der Waals surface area contributed by atoms with Gasteiger partial charge in [0.2, 0.25) is 0 Å². The summed E-state index contributed by atoms with van der Waals surface area (Å²) in [7, 11) is 0. The maximum atomic E-state index is 5.08. The zero-order valence-electron chi connectivity index (χ0n) is 5.33. The molecule has 1 nitrogen and oxygen atoms in total. The molecule has 45 valence electrons. The van der Waals surface area contributed by atoms with Crippen LogP contribution < -0.4 is 0 Å². The van der Waals surface area contributed by atoms with Crippen molar-refractivity contribution in [1.29, 1.82) is 0 Å². The maximum Gasteiger partial charge on any atom is 0.0659 e. The van der Waals surface area contributed by atoms with E-state index in [9.17, 15) is 0 Å². The van der Waals surface area contributed by atoms with E-state index >= 15 is 0 Å². The van der Waals surface area contributed by atoms with Gasteiger partial charge in [-0.1, -0.05) is 18.2 Å². The molecule has 1 aromatic rings. The second-order valence-corrected chi connectivity index (χ2v) is 1.92. The van der Waals surface area contributed by atoms with E-state index in [0.717, 1.165) is 11.3 Å². The number of benzene rings is 1. The summed E-state index contributed by atoms with van der Waals surface area (Å²) in [4.78, 5) is 3.57. The van der Waals surface area contributed by atoms with Crippen LogP contribution in [0.1, 0.15) is 5.56 Å². The highest BCUT2D eigenvalue weighted by molar-refractivity contribution is 5.50. The molecule has 0 aliphatic rings. The average molecular weight is 118 g/mol. The largest absolute Gasteiger partial charge is 0.255 e. The van der Waals surface area contributed by atoms with Crippen LogP contribution in [0.5, 0.6) is 0 Å². The molecule has 0 spiro atoms. The highest BCUT2D eigenvalue weighted by Crippen LogP contribution is 2.15. The predicted octanol–water partition coefficient (Wildman–Crippen LogP) is 2.20. The van der Waals surface area contributed by atoms with Crippen molar-refractivity contribution in [2.24, 2.45) is 4.99 Å². The molecule has 1 heteroatoms. The third-order valence-corrected chi connectivity index (χ3v) is 1.25. The van der Waals surface area contributed by atoms with Gasteiger partial charge in [-0.3, -0.25) is 4.99 Å². The minimum atomic E-state index is 0.859. The second kappa shape index (κ2) is 2.44. The number of aryl methyl sites for hydroxylation is 1. The maximum absolute atomic E-state index is 5.08. The molecule has 1 radical (unpaired) electrons. The third kappa shape index (κ3) is 1.17. The first-order valence-corrected chi connectivity index (χ1v) is 2.81. The number of aliphatic imine (C=N–C) groups is 1. The van der Waals surface area contributed by atoms with Gasteiger partial charge < -0.3 is 0 Å². The van der Waals surface area contributed by atoms with Crippen molar-refractivity contribution in [2.45, 2.75) is 6.92 Å². The molecule has 0 aliphatic carbocycles. The van der Waals surface area contributed by atoms with Gasteiger partial charge in [0.15, 0.2) is 0 Å². The summed E-state index contributed by atoms with van der Waals surface area (Å²) >= 11 is 0. The van der Waals surface area contributed by atoms with Gasteiger partial charge in [0.1, 0.15) is 0 Å². The molecule has 0 fully saturated rings. The lowest BCUT2D eigenvalue weighted by Gasteiger charge is -1.94. The van der Waals surface area contributed by atoms with E-state index in [4.69, 9.17) is 6.72 Å². The van der Waals surface area contributed by atoms with Gasteiger partial charge in [-0.2, -0.15) is 0 Å². The first-order chi connectivity index (χ1) is 4.34. The Morgan fingerprint density at radius 1 is 1.33 bits per heavy atom. The molecule has 0 saturated carbocycles. The molecule has 0 amide bonds. The molecular weight excluding hydrogens is 110 g/mol. The Labute approximate surface area is 55.1 Å². The molecular formula is C8H8N. The van der Waals surface area contributed by atoms with Gasteiger partial charge in [0.05, 0.1) is 5.69 Å². The van der Waals surface area contributed by atoms with Crippen molar-refractivity contribution in [3.05, 3.63) is 29.8 Å². The lowest BCUT2D eigenvalue weighted by atomic mass is 10.2. The fraction of sp³-hybridized carbons (Fsp3) is 0.125. The molecule has 0 unspecified atom stereocenters. The van der Waals surface area contributed by atoms with Crippen molar-refractivity contribution in [1.82, 2.24) is 0 Å². The quantitative estimate of drug-likeness (QED) is 0.501. The summed E-state index contributed by atoms with van der Waals surface area (Å²) in [5.41, 5.74) is 1.97. The number of hydrogen-bond donors (Lipinski definition) is 0. The Bertz CT molecular complexity index is 216. The smallest absolute Gasteiger partial charge is 0.0659 e. The Hall–Kier alpha value is -1.11. The molecule has 0 saturated heterocycles. The zero-order valence-corrected chi connectivity index (χ0v) is 5.33. The van der Waals surface area contributed by atoms with Crippen molar-refractivity contribution >= 4 is 12.4 Å². The molecule has 1 aromatic carbocycles. The van der Waals surface area contributed by atoms with Gasteiger partial charge in [0, 0.05) is 6.72 Å². The van der Waals surface area contributed by atoms with Crippen LogP contribution in [0.25, 0.3) is 0 Å². The molecule has 0 N–H and O–H groups in total. The van der Waals surface area contributed by atoms with E-state index in [-0.39, 0.29) is 0 Å². The summed E-state index contributed by atoms with van der Waals surface area (Å²) < 4.78 is 0. The number of para-hydroxylation sites is 1. The van der Waals surface area contributed by atoms with E-state index < -0.39 is 0 Å². The number of rotatable bonds is 1. The third-order valence-electron chi connectivity index (χ3n) is 1.25. The summed E-state index contributed by atoms with van der Waals surface area (Å²) in [6.45, 7) is 7.05. The predicted molar refractivity (Wildman–Crippen MR) is 39.3 cm³/mol. The SMILES string of the molecule is [CH]=Nc1ccccc1C. The monoisotopic (exact) mass is 118 g/mol. The van der Waals surface area contributed by atoms with Crippen molar-refractivity contribution in [2.75, 3.05) is 0 Å². The fourth-order valence-electron chi connectivity index (χ4n) is 0.708. The summed E-state index contributed by atoms with van der Waals surface area (Å²) in [6.07, 6.45) is 0. The van der Waals surface area contributed by atoms with E-state index in [1.54, 1.807) is 0 Å². The van der Waals surface area contributed by atoms with Crippen molar-refractivity contribution in [3.8, 4) is 0 Å². The van der Waals surface area contributed by atoms with Crippen LogP contribution in [-0.2, 0) is 0 Å². The van der Waals surface area contributed by atoms with Crippen LogP contribution in [0.3, 0.4) is 0 Å². The second-order valence-electron chi connectivity index (χ2n) is 1.92. The Kier molecular flexibility index (Phi) is 1.63. The first-order valence-electron chi connectivity index (χ1n) is 2.81. The van der Waals surface area contributed by atoms with Gasteiger partial charge in [-0.05, 0) is 18.6 Å². The molecule has 0 heterocycles. The van der Waals surface area contributed by atoms with Gasteiger partial charge in [-0.25, -0.2) is 0 Å². The highest BCUT2D eigenvalue weighted by Gasteiger charge is 1.88. The number of nitrogens with zero attached hydrogens (tertiary/aromatic N) is 1. The Morgan fingerprint density at radius 3 is 2.44 bits per heavy atom. The van der Waals surface area contributed by atoms with E-state index in [1.807, 2.05) is 31.2 Å². The van der Waals surface area contributed by atoms with Crippen molar-refractivity contribution in [3.63, 3.8) is 0 Å². The lowest BCUT2D eigenvalue weighted by Crippen LogP contribution is -1.69. The molecule has 0 bridgehead atoms. The van der Waals surface area contributed by atoms with Crippen LogP contribution in [0.4, 0.5) is 5.69 Å². The van der Waals surface area contributed by atoms with E-state index in [0.29, 0.717) is 0 Å². The summed E-state index contributed by atoms with van der Waals surface area (Å²) in [5, 5.41) is 0. The van der Waals surface area contributed by atoms with Gasteiger partial charge in [0.25, 0.3) is 0 Å². The number of hydrogen-bond acceptors (Lipinski definition) is 1. The minimum Gasteiger partial charge on any atom is -0.255 e. The molecule has 0 aliphatic heterocycles. The van der Waals surface area contributed by atoms with Gasteiger partial charge in [-0.15, -0.1) is 0 Å². The lowest BCUT2D eigenvalue weighted by molar-refractivity contribution is 1.41. The van der Waals surface area contributed by atoms with E-state index in [2.05, 4.69) is 4.99 Å². The van der Waals surface area contributed by atoms with Crippen LogP contribution in [0.15, 0.2) is 29.3 Å². The van der Waals surface area contributed by atoms with E-state index in [1.165, 1.54) is 0 Å². The Balaban J connectivity index is 3.15. The van der Waals surface area contributed by atoms with Crippen LogP contribution in [0, 0.1) is 6.92 Å².